The molecule has 0 spiro atoms. The Morgan fingerprint density at radius 3 is 2.83 bits per heavy atom. The molecule has 2 aromatic rings. The third kappa shape index (κ3) is 5.48. The van der Waals surface area contributed by atoms with Crippen LogP contribution in [0.3, 0.4) is 0 Å². The van der Waals surface area contributed by atoms with Crippen LogP contribution in [0.15, 0.2) is 29.0 Å². The molecule has 0 saturated carbocycles. The molecule has 0 aliphatic carbocycles. The van der Waals surface area contributed by atoms with Crippen molar-refractivity contribution in [2.24, 2.45) is 5.10 Å². The zero-order valence-corrected chi connectivity index (χ0v) is 22.3. The number of aromatic nitrogens is 1. The highest BCUT2D eigenvalue weighted by molar-refractivity contribution is 5.97. The number of likely N-dealkylation sites (tertiary alicyclic amines) is 1. The molecular weight excluding hydrogens is 434 g/mol. The van der Waals surface area contributed by atoms with Gasteiger partial charge in [0.05, 0.1) is 17.3 Å². The third-order valence-corrected chi connectivity index (χ3v) is 8.16. The molecule has 2 aliphatic rings. The zero-order chi connectivity index (χ0) is 25.0. The lowest BCUT2D eigenvalue weighted by molar-refractivity contribution is -0.112. The summed E-state index contributed by atoms with van der Waals surface area (Å²) < 4.78 is 0. The summed E-state index contributed by atoms with van der Waals surface area (Å²) >= 11 is 0. The van der Waals surface area contributed by atoms with Crippen LogP contribution in [0.5, 0.6) is 0 Å². The van der Waals surface area contributed by atoms with Crippen molar-refractivity contribution < 1.29 is 4.79 Å². The second-order valence-electron chi connectivity index (χ2n) is 10.9. The van der Waals surface area contributed by atoms with Crippen molar-refractivity contribution in [1.29, 1.82) is 0 Å². The van der Waals surface area contributed by atoms with Crippen molar-refractivity contribution >= 4 is 29.1 Å². The lowest BCUT2D eigenvalue weighted by Gasteiger charge is -2.32. The minimum atomic E-state index is -0.512. The van der Waals surface area contributed by atoms with Gasteiger partial charge < -0.3 is 19.6 Å². The molecule has 1 fully saturated rings. The molecule has 1 aromatic heterocycles. The Labute approximate surface area is 210 Å². The fourth-order valence-corrected chi connectivity index (χ4v) is 5.91. The molecule has 6 heteroatoms. The Bertz CT molecular complexity index is 1100. The minimum Gasteiger partial charge on any atom is -0.374 e. The van der Waals surface area contributed by atoms with E-state index in [1.807, 2.05) is 12.4 Å². The first-order chi connectivity index (χ1) is 16.9. The van der Waals surface area contributed by atoms with Crippen molar-refractivity contribution in [3.8, 4) is 0 Å². The fourth-order valence-electron chi connectivity index (χ4n) is 5.91. The van der Waals surface area contributed by atoms with Crippen LogP contribution in [0.1, 0.15) is 82.5 Å². The molecule has 3 heterocycles. The summed E-state index contributed by atoms with van der Waals surface area (Å²) in [6, 6.07) is 5.23. The number of aldehydes is 1. The van der Waals surface area contributed by atoms with Gasteiger partial charge in [0.15, 0.2) is 0 Å². The number of hydrogen-bond donors (Lipinski definition) is 2. The van der Waals surface area contributed by atoms with Crippen LogP contribution in [0.25, 0.3) is 10.9 Å². The van der Waals surface area contributed by atoms with E-state index in [4.69, 9.17) is 0 Å². The molecule has 2 atom stereocenters. The fraction of sp³-hybridized carbons (Fsp3) is 0.586. The maximum atomic E-state index is 12.5. The summed E-state index contributed by atoms with van der Waals surface area (Å²) in [5, 5.41) is 5.67. The van der Waals surface area contributed by atoms with Gasteiger partial charge in [0.2, 0.25) is 0 Å². The predicted molar refractivity (Wildman–Crippen MR) is 148 cm³/mol. The van der Waals surface area contributed by atoms with Crippen molar-refractivity contribution in [3.63, 3.8) is 0 Å². The summed E-state index contributed by atoms with van der Waals surface area (Å²) in [6.07, 6.45) is 13.7. The number of H-pyrrole nitrogens is 1. The van der Waals surface area contributed by atoms with E-state index in [1.165, 1.54) is 41.6 Å². The van der Waals surface area contributed by atoms with Gasteiger partial charge in [-0.2, -0.15) is 5.10 Å². The van der Waals surface area contributed by atoms with Gasteiger partial charge in [-0.3, -0.25) is 5.43 Å². The summed E-state index contributed by atoms with van der Waals surface area (Å²) in [5.74, 6) is 0. The van der Waals surface area contributed by atoms with Gasteiger partial charge in [0.1, 0.15) is 6.29 Å². The summed E-state index contributed by atoms with van der Waals surface area (Å²) in [6.45, 7) is 8.59. The van der Waals surface area contributed by atoms with E-state index in [2.05, 4.69) is 72.3 Å². The normalized spacial score (nSPS) is 23.1. The molecule has 1 saturated heterocycles. The minimum absolute atomic E-state index is 0.512. The average molecular weight is 478 g/mol. The largest absolute Gasteiger partial charge is 0.374 e. The summed E-state index contributed by atoms with van der Waals surface area (Å²) in [4.78, 5) is 21.0. The van der Waals surface area contributed by atoms with E-state index in [-0.39, 0.29) is 0 Å². The molecule has 35 heavy (non-hydrogen) atoms. The van der Waals surface area contributed by atoms with Gasteiger partial charge in [-0.15, -0.1) is 0 Å². The number of rotatable bonds is 8. The molecular formula is C29H43N5O. The smallest absolute Gasteiger partial charge is 0.130 e. The average Bonchev–Trinajstić information content (AvgIpc) is 3.42. The van der Waals surface area contributed by atoms with Crippen molar-refractivity contribution in [2.75, 3.05) is 32.1 Å². The molecule has 2 N–H and O–H groups in total. The molecule has 2 unspecified atom stereocenters. The van der Waals surface area contributed by atoms with Crippen molar-refractivity contribution in [1.82, 2.24) is 15.3 Å². The lowest BCUT2D eigenvalue weighted by atomic mass is 9.78. The van der Waals surface area contributed by atoms with Crippen LogP contribution in [0, 0.1) is 0 Å². The topological polar surface area (TPSA) is 63.7 Å². The number of aromatic amines is 1. The van der Waals surface area contributed by atoms with Crippen LogP contribution in [-0.2, 0) is 16.6 Å². The van der Waals surface area contributed by atoms with E-state index in [1.54, 1.807) is 0 Å². The number of fused-ring (bicyclic) bond motifs is 3. The number of benzene rings is 1. The number of anilines is 1. The number of carbonyl (C=O) groups excluding carboxylic acids is 1. The number of hydrazone groups is 1. The standard InChI is InChI=1S/C29H43N5O/c1-6-13-29(3,20-35)25-17-26-24(16-28(25)34(5)15-12-22-10-8-14-33(22)4)23-11-7-9-21(2)18-30-31-19-27(23)32-26/h16-20,22,30,32H,6-15H2,1-5H3/b21-18+,31-19+. The maximum Gasteiger partial charge on any atom is 0.130 e. The van der Waals surface area contributed by atoms with Crippen LogP contribution in [-0.4, -0.2) is 55.6 Å². The first-order valence-corrected chi connectivity index (χ1v) is 13.4. The Balaban J connectivity index is 1.77. The van der Waals surface area contributed by atoms with Gasteiger partial charge in [-0.1, -0.05) is 18.9 Å². The van der Waals surface area contributed by atoms with Gasteiger partial charge in [0, 0.05) is 42.4 Å². The van der Waals surface area contributed by atoms with Gasteiger partial charge in [-0.05, 0) is 95.6 Å². The molecule has 2 aliphatic heterocycles. The van der Waals surface area contributed by atoms with Gasteiger partial charge in [0.25, 0.3) is 0 Å². The molecule has 0 bridgehead atoms. The molecule has 0 amide bonds. The Morgan fingerprint density at radius 2 is 2.11 bits per heavy atom. The molecule has 6 nitrogen and oxygen atoms in total. The Hall–Kier alpha value is -2.60. The highest BCUT2D eigenvalue weighted by Gasteiger charge is 2.31. The van der Waals surface area contributed by atoms with Gasteiger partial charge in [-0.25, -0.2) is 0 Å². The zero-order valence-electron chi connectivity index (χ0n) is 22.3. The third-order valence-electron chi connectivity index (χ3n) is 8.16. The summed E-state index contributed by atoms with van der Waals surface area (Å²) in [7, 11) is 4.44. The van der Waals surface area contributed by atoms with Gasteiger partial charge >= 0.3 is 0 Å². The van der Waals surface area contributed by atoms with E-state index in [9.17, 15) is 4.79 Å². The number of hydrogen-bond acceptors (Lipinski definition) is 5. The first-order valence-electron chi connectivity index (χ1n) is 13.4. The number of aryl methyl sites for hydroxylation is 1. The second-order valence-corrected chi connectivity index (χ2v) is 10.9. The van der Waals surface area contributed by atoms with Crippen LogP contribution >= 0.6 is 0 Å². The highest BCUT2D eigenvalue weighted by Crippen LogP contribution is 2.39. The van der Waals surface area contributed by atoms with E-state index < -0.39 is 5.41 Å². The van der Waals surface area contributed by atoms with Crippen molar-refractivity contribution in [3.05, 3.63) is 40.7 Å². The number of nitrogens with zero attached hydrogens (tertiary/aromatic N) is 3. The summed E-state index contributed by atoms with van der Waals surface area (Å²) in [5.41, 5.74) is 9.64. The molecule has 0 radical (unpaired) electrons. The molecule has 190 valence electrons. The van der Waals surface area contributed by atoms with Crippen molar-refractivity contribution in [2.45, 2.75) is 83.6 Å². The quantitative estimate of drug-likeness (QED) is 0.492. The molecule has 4 rings (SSSR count). The maximum absolute atomic E-state index is 12.5. The monoisotopic (exact) mass is 477 g/mol. The lowest BCUT2D eigenvalue weighted by Crippen LogP contribution is -2.32. The molecule has 1 aromatic carbocycles. The van der Waals surface area contributed by atoms with E-state index in [0.29, 0.717) is 6.04 Å². The second kappa shape index (κ2) is 11.0. The Morgan fingerprint density at radius 1 is 1.29 bits per heavy atom. The van der Waals surface area contributed by atoms with Crippen LogP contribution < -0.4 is 10.3 Å². The first kappa shape index (κ1) is 25.5. The predicted octanol–water partition coefficient (Wildman–Crippen LogP) is 5.51. The van der Waals surface area contributed by atoms with Crippen LogP contribution in [0.2, 0.25) is 0 Å². The number of carbonyl (C=O) groups is 1. The highest BCUT2D eigenvalue weighted by atomic mass is 16.1. The number of nitrogens with one attached hydrogen (secondary N) is 2. The SMILES string of the molecule is CCCC(C)(C=O)c1cc2[nH]c3c(c2cc1N(C)CCC1CCCN1C)CCC/C(C)=C/N/N=C/3. The van der Waals surface area contributed by atoms with Crippen LogP contribution in [0.4, 0.5) is 5.69 Å². The Kier molecular flexibility index (Phi) is 8.00. The number of allylic oxidation sites excluding steroid dienone is 1. The van der Waals surface area contributed by atoms with E-state index in [0.717, 1.165) is 68.1 Å². The van der Waals surface area contributed by atoms with E-state index >= 15 is 0 Å².